The lowest BCUT2D eigenvalue weighted by molar-refractivity contribution is -0.191. The molecule has 1 aromatic carbocycles. The maximum atomic E-state index is 13.4. The zero-order valence-electron chi connectivity index (χ0n) is 19.2. The first kappa shape index (κ1) is 24.9. The second kappa shape index (κ2) is 11.4. The number of hydrazine groups is 1. The second-order valence-electron chi connectivity index (χ2n) is 8.25. The van der Waals surface area contributed by atoms with Crippen molar-refractivity contribution >= 4 is 29.4 Å². The largest absolute Gasteiger partial charge is 0.334 e. The van der Waals surface area contributed by atoms with Gasteiger partial charge in [-0.2, -0.15) is 5.01 Å². The van der Waals surface area contributed by atoms with Gasteiger partial charge in [0.25, 0.3) is 0 Å². The molecule has 0 bridgehead atoms. The van der Waals surface area contributed by atoms with Crippen LogP contribution in [0.3, 0.4) is 0 Å². The Morgan fingerprint density at radius 2 is 1.94 bits per heavy atom. The molecule has 2 heterocycles. The summed E-state index contributed by atoms with van der Waals surface area (Å²) < 4.78 is 0. The van der Waals surface area contributed by atoms with Gasteiger partial charge in [0.05, 0.1) is 19.6 Å². The predicted octanol–water partition coefficient (Wildman–Crippen LogP) is 2.24. The van der Waals surface area contributed by atoms with Gasteiger partial charge in [0, 0.05) is 18.5 Å². The van der Waals surface area contributed by atoms with E-state index in [0.717, 1.165) is 18.4 Å². The Morgan fingerprint density at radius 1 is 1.24 bits per heavy atom. The van der Waals surface area contributed by atoms with Gasteiger partial charge in [0.2, 0.25) is 11.8 Å². The summed E-state index contributed by atoms with van der Waals surface area (Å²) in [7, 11) is 0. The van der Waals surface area contributed by atoms with E-state index in [-0.39, 0.29) is 49.4 Å². The molecule has 9 heteroatoms. The van der Waals surface area contributed by atoms with Crippen molar-refractivity contribution < 1.29 is 14.4 Å². The van der Waals surface area contributed by atoms with E-state index < -0.39 is 12.2 Å². The molecule has 0 saturated carbocycles. The molecule has 0 unspecified atom stereocenters. The summed E-state index contributed by atoms with van der Waals surface area (Å²) in [5.74, 6) is 2.45. The molecule has 2 fully saturated rings. The summed E-state index contributed by atoms with van der Waals surface area (Å²) in [6.07, 6.45) is 6.80. The fourth-order valence-electron chi connectivity index (χ4n) is 4.69. The van der Waals surface area contributed by atoms with Crippen LogP contribution >= 0.6 is 11.6 Å². The highest BCUT2D eigenvalue weighted by Gasteiger charge is 2.51. The minimum absolute atomic E-state index is 0.0183. The Balaban J connectivity index is 1.94. The Labute approximate surface area is 200 Å². The van der Waals surface area contributed by atoms with E-state index in [1.54, 1.807) is 9.91 Å². The molecule has 178 valence electrons. The Hall–Kier alpha value is -2.76. The lowest BCUT2D eigenvalue weighted by Crippen LogP contribution is -2.77. The quantitative estimate of drug-likeness (QED) is 0.464. The number of amides is 4. The molecule has 8 nitrogen and oxygen atoms in total. The standard InChI is InChI=1S/C24H32ClN5O3/c1-4-14-27-17-22(31)29-20(12-13-25)23(32)28(19(5-2)6-3)16-21(29)30(27)24(33)26-15-18-10-8-7-9-11-18/h1,7-11,19-21H,5-6,12-17H2,2-3H3,(H,26,33)/t20-,21-/m0/s1. The van der Waals surface area contributed by atoms with Crippen LogP contribution in [0.5, 0.6) is 0 Å². The van der Waals surface area contributed by atoms with Crippen LogP contribution in [0.4, 0.5) is 4.79 Å². The minimum atomic E-state index is -0.702. The Bertz CT molecular complexity index is 886. The number of carbonyl (C=O) groups is 3. The molecule has 2 saturated heterocycles. The number of hydrogen-bond acceptors (Lipinski definition) is 4. The summed E-state index contributed by atoms with van der Waals surface area (Å²) >= 11 is 6.03. The first-order valence-electron chi connectivity index (χ1n) is 11.4. The molecule has 4 amide bonds. The lowest BCUT2D eigenvalue weighted by atomic mass is 10.0. The molecule has 0 radical (unpaired) electrons. The SMILES string of the molecule is C#CCN1CC(=O)N2[C@@H](CCCl)C(=O)N(C(CC)CC)C[C@@H]2N1C(=O)NCc1ccccc1. The van der Waals surface area contributed by atoms with E-state index in [2.05, 4.69) is 11.2 Å². The van der Waals surface area contributed by atoms with Crippen molar-refractivity contribution in [1.82, 2.24) is 25.1 Å². The zero-order chi connectivity index (χ0) is 24.0. The highest BCUT2D eigenvalue weighted by molar-refractivity contribution is 6.18. The van der Waals surface area contributed by atoms with Crippen LogP contribution in [0.25, 0.3) is 0 Å². The normalized spacial score (nSPS) is 21.2. The van der Waals surface area contributed by atoms with Crippen LogP contribution in [-0.2, 0) is 16.1 Å². The highest BCUT2D eigenvalue weighted by Crippen LogP contribution is 2.30. The highest BCUT2D eigenvalue weighted by atomic mass is 35.5. The van der Waals surface area contributed by atoms with Gasteiger partial charge in [-0.3, -0.25) is 9.59 Å². The van der Waals surface area contributed by atoms with Gasteiger partial charge < -0.3 is 15.1 Å². The molecule has 33 heavy (non-hydrogen) atoms. The molecule has 2 aliphatic rings. The van der Waals surface area contributed by atoms with Crippen LogP contribution in [0.2, 0.25) is 0 Å². The number of rotatable bonds is 8. The number of benzene rings is 1. The van der Waals surface area contributed by atoms with Gasteiger partial charge in [-0.15, -0.1) is 18.0 Å². The van der Waals surface area contributed by atoms with E-state index in [1.165, 1.54) is 5.01 Å². The molecule has 0 aromatic heterocycles. The van der Waals surface area contributed by atoms with Gasteiger partial charge in [-0.25, -0.2) is 9.80 Å². The monoisotopic (exact) mass is 473 g/mol. The molecule has 1 N–H and O–H groups in total. The number of halogens is 1. The molecule has 0 spiro atoms. The smallest absolute Gasteiger partial charge is 0.334 e. The van der Waals surface area contributed by atoms with Gasteiger partial charge in [-0.1, -0.05) is 50.1 Å². The van der Waals surface area contributed by atoms with Crippen molar-refractivity contribution in [3.05, 3.63) is 35.9 Å². The second-order valence-corrected chi connectivity index (χ2v) is 8.63. The summed E-state index contributed by atoms with van der Waals surface area (Å²) in [4.78, 5) is 43.3. The van der Waals surface area contributed by atoms with Gasteiger partial charge in [0.15, 0.2) is 0 Å². The average Bonchev–Trinajstić information content (AvgIpc) is 2.81. The van der Waals surface area contributed by atoms with E-state index in [0.29, 0.717) is 13.0 Å². The average molecular weight is 474 g/mol. The molecular weight excluding hydrogens is 442 g/mol. The Morgan fingerprint density at radius 3 is 2.55 bits per heavy atom. The number of terminal acetylenes is 1. The summed E-state index contributed by atoms with van der Waals surface area (Å²) in [5, 5.41) is 6.05. The number of alkyl halides is 1. The van der Waals surface area contributed by atoms with E-state index in [9.17, 15) is 14.4 Å². The van der Waals surface area contributed by atoms with Crippen molar-refractivity contribution in [3.63, 3.8) is 0 Å². The third-order valence-corrected chi connectivity index (χ3v) is 6.53. The number of hydrogen-bond donors (Lipinski definition) is 1. The summed E-state index contributed by atoms with van der Waals surface area (Å²) in [6, 6.07) is 8.54. The van der Waals surface area contributed by atoms with Crippen molar-refractivity contribution in [1.29, 1.82) is 0 Å². The molecule has 0 aliphatic carbocycles. The number of nitrogens with zero attached hydrogens (tertiary/aromatic N) is 4. The van der Waals surface area contributed by atoms with Crippen LogP contribution in [0.15, 0.2) is 30.3 Å². The minimum Gasteiger partial charge on any atom is -0.334 e. The fourth-order valence-corrected chi connectivity index (χ4v) is 4.90. The molecule has 1 aromatic rings. The molecular formula is C24H32ClN5O3. The summed E-state index contributed by atoms with van der Waals surface area (Å²) in [5.41, 5.74) is 0.955. The van der Waals surface area contributed by atoms with E-state index in [4.69, 9.17) is 18.0 Å². The number of urea groups is 1. The number of piperazine rings is 1. The molecule has 3 rings (SSSR count). The van der Waals surface area contributed by atoms with Crippen molar-refractivity contribution in [2.24, 2.45) is 0 Å². The van der Waals surface area contributed by atoms with E-state index >= 15 is 0 Å². The maximum Gasteiger partial charge on any atom is 0.334 e. The van der Waals surface area contributed by atoms with Crippen molar-refractivity contribution in [2.75, 3.05) is 25.5 Å². The zero-order valence-corrected chi connectivity index (χ0v) is 20.0. The topological polar surface area (TPSA) is 76.2 Å². The fraction of sp³-hybridized carbons (Fsp3) is 0.542. The summed E-state index contributed by atoms with van der Waals surface area (Å²) in [6.45, 7) is 4.66. The number of nitrogens with one attached hydrogen (secondary N) is 1. The third-order valence-electron chi connectivity index (χ3n) is 6.31. The van der Waals surface area contributed by atoms with Crippen LogP contribution in [-0.4, -0.2) is 81.4 Å². The number of fused-ring (bicyclic) bond motifs is 1. The van der Waals surface area contributed by atoms with Crippen LogP contribution < -0.4 is 5.32 Å². The first-order chi connectivity index (χ1) is 16.0. The molecule has 2 aliphatic heterocycles. The van der Waals surface area contributed by atoms with Crippen molar-refractivity contribution in [3.8, 4) is 12.3 Å². The molecule has 2 atom stereocenters. The van der Waals surface area contributed by atoms with Gasteiger partial charge in [0.1, 0.15) is 12.2 Å². The first-order valence-corrected chi connectivity index (χ1v) is 12.0. The van der Waals surface area contributed by atoms with Gasteiger partial charge >= 0.3 is 6.03 Å². The van der Waals surface area contributed by atoms with Crippen molar-refractivity contribution in [2.45, 2.75) is 57.9 Å². The maximum absolute atomic E-state index is 13.4. The van der Waals surface area contributed by atoms with Crippen LogP contribution in [0.1, 0.15) is 38.7 Å². The predicted molar refractivity (Wildman–Crippen MR) is 127 cm³/mol. The lowest BCUT2D eigenvalue weighted by Gasteiger charge is -2.55. The van der Waals surface area contributed by atoms with Crippen LogP contribution in [0, 0.1) is 12.3 Å². The third kappa shape index (κ3) is 5.26. The number of carbonyl (C=O) groups excluding carboxylic acids is 3. The van der Waals surface area contributed by atoms with Gasteiger partial charge in [-0.05, 0) is 24.8 Å². The Kier molecular flexibility index (Phi) is 8.59. The van der Waals surface area contributed by atoms with E-state index in [1.807, 2.05) is 49.1 Å².